The molecule has 6 rings (SSSR count). The van der Waals surface area contributed by atoms with Crippen LogP contribution in [0.3, 0.4) is 0 Å². The summed E-state index contributed by atoms with van der Waals surface area (Å²) in [6, 6.07) is 8.40. The minimum Gasteiger partial charge on any atom is -0.393 e. The monoisotopic (exact) mass is 497 g/mol. The SMILES string of the molecule is C[C@H](CCc1nc2ccccc2s1)[C@H]1CC[C@H]2[C@@H]3[C@H](O)C[C@@H]4C[C@H](O)CC[C@]4(C)[C@H]3C[C@H](O)[C@]12C. The lowest BCUT2D eigenvalue weighted by molar-refractivity contribution is -0.207. The molecule has 0 radical (unpaired) electrons. The molecule has 0 aliphatic heterocycles. The number of nitrogens with zero attached hydrogens (tertiary/aromatic N) is 1. The molecule has 4 aliphatic carbocycles. The summed E-state index contributed by atoms with van der Waals surface area (Å²) < 4.78 is 1.27. The molecule has 5 heteroatoms. The van der Waals surface area contributed by atoms with Gasteiger partial charge in [0.05, 0.1) is 33.5 Å². The fraction of sp³-hybridized carbons (Fsp3) is 0.767. The van der Waals surface area contributed by atoms with Crippen LogP contribution in [0.5, 0.6) is 0 Å². The quantitative estimate of drug-likeness (QED) is 0.497. The van der Waals surface area contributed by atoms with E-state index in [0.29, 0.717) is 35.5 Å². The molecule has 0 bridgehead atoms. The number of hydrogen-bond donors (Lipinski definition) is 3. The zero-order valence-electron chi connectivity index (χ0n) is 21.6. The Balaban J connectivity index is 1.21. The second-order valence-corrected chi connectivity index (χ2v) is 14.2. The van der Waals surface area contributed by atoms with E-state index in [1.165, 1.54) is 9.71 Å². The van der Waals surface area contributed by atoms with E-state index in [4.69, 9.17) is 4.98 Å². The second kappa shape index (κ2) is 8.79. The van der Waals surface area contributed by atoms with E-state index in [9.17, 15) is 15.3 Å². The van der Waals surface area contributed by atoms with Crippen LogP contribution in [0.15, 0.2) is 24.3 Å². The number of aromatic nitrogens is 1. The number of para-hydroxylation sites is 1. The maximum Gasteiger partial charge on any atom is 0.0938 e. The molecule has 1 aromatic carbocycles. The Morgan fingerprint density at radius 2 is 1.83 bits per heavy atom. The summed E-state index contributed by atoms with van der Waals surface area (Å²) in [5.74, 6) is 2.45. The molecule has 192 valence electrons. The van der Waals surface area contributed by atoms with Crippen molar-refractivity contribution in [2.45, 2.75) is 96.9 Å². The molecule has 4 nitrogen and oxygen atoms in total. The van der Waals surface area contributed by atoms with Crippen molar-refractivity contribution in [3.63, 3.8) is 0 Å². The smallest absolute Gasteiger partial charge is 0.0938 e. The number of aryl methyl sites for hydroxylation is 1. The number of aliphatic hydroxyl groups is 3. The van der Waals surface area contributed by atoms with Crippen molar-refractivity contribution in [3.8, 4) is 0 Å². The van der Waals surface area contributed by atoms with Gasteiger partial charge in [-0.05, 0) is 116 Å². The summed E-state index contributed by atoms with van der Waals surface area (Å²) in [6.45, 7) is 7.16. The third-order valence-corrected chi connectivity index (χ3v) is 12.8. The number of benzene rings is 1. The molecule has 0 amide bonds. The van der Waals surface area contributed by atoms with Gasteiger partial charge in [-0.15, -0.1) is 11.3 Å². The third-order valence-electron chi connectivity index (χ3n) is 11.7. The highest BCUT2D eigenvalue weighted by atomic mass is 32.1. The minimum atomic E-state index is -0.305. The first-order valence-electron chi connectivity index (χ1n) is 14.1. The van der Waals surface area contributed by atoms with Gasteiger partial charge in [0, 0.05) is 0 Å². The van der Waals surface area contributed by atoms with Crippen LogP contribution < -0.4 is 0 Å². The molecule has 0 saturated heterocycles. The number of fused-ring (bicyclic) bond motifs is 6. The van der Waals surface area contributed by atoms with Gasteiger partial charge >= 0.3 is 0 Å². The molecule has 1 aromatic heterocycles. The highest BCUT2D eigenvalue weighted by Gasteiger charge is 2.65. The highest BCUT2D eigenvalue weighted by Crippen LogP contribution is 2.68. The molecule has 4 aliphatic rings. The lowest BCUT2D eigenvalue weighted by Crippen LogP contribution is -2.62. The maximum absolute atomic E-state index is 11.8. The fourth-order valence-electron chi connectivity index (χ4n) is 9.71. The molecule has 4 saturated carbocycles. The average molecular weight is 498 g/mol. The largest absolute Gasteiger partial charge is 0.393 e. The van der Waals surface area contributed by atoms with E-state index in [0.717, 1.165) is 63.3 Å². The van der Waals surface area contributed by atoms with Crippen molar-refractivity contribution >= 4 is 21.6 Å². The predicted octanol–water partition coefficient (Wildman–Crippen LogP) is 5.83. The Morgan fingerprint density at radius 1 is 1.03 bits per heavy atom. The topological polar surface area (TPSA) is 73.6 Å². The van der Waals surface area contributed by atoms with Crippen LogP contribution in [-0.2, 0) is 6.42 Å². The number of hydrogen-bond acceptors (Lipinski definition) is 5. The number of rotatable bonds is 4. The van der Waals surface area contributed by atoms with Crippen molar-refractivity contribution in [2.24, 2.45) is 46.3 Å². The van der Waals surface area contributed by atoms with Gasteiger partial charge < -0.3 is 15.3 Å². The Bertz CT molecular complexity index is 1040. The van der Waals surface area contributed by atoms with Gasteiger partial charge in [-0.1, -0.05) is 32.9 Å². The van der Waals surface area contributed by atoms with Crippen molar-refractivity contribution in [1.82, 2.24) is 4.98 Å². The highest BCUT2D eigenvalue weighted by molar-refractivity contribution is 7.18. The van der Waals surface area contributed by atoms with E-state index in [-0.39, 0.29) is 29.1 Å². The fourth-order valence-corrected chi connectivity index (χ4v) is 10.7. The van der Waals surface area contributed by atoms with Gasteiger partial charge in [-0.2, -0.15) is 0 Å². The van der Waals surface area contributed by atoms with Gasteiger partial charge in [-0.25, -0.2) is 4.98 Å². The molecule has 3 N–H and O–H groups in total. The molecular weight excluding hydrogens is 454 g/mol. The summed E-state index contributed by atoms with van der Waals surface area (Å²) in [6.07, 6.45) is 7.95. The van der Waals surface area contributed by atoms with Crippen molar-refractivity contribution in [3.05, 3.63) is 29.3 Å². The lowest BCUT2D eigenvalue weighted by Gasteiger charge is -2.63. The van der Waals surface area contributed by atoms with Gasteiger partial charge in [0.1, 0.15) is 0 Å². The summed E-state index contributed by atoms with van der Waals surface area (Å²) >= 11 is 1.82. The molecule has 4 fully saturated rings. The first-order chi connectivity index (χ1) is 16.7. The van der Waals surface area contributed by atoms with Crippen LogP contribution in [0.4, 0.5) is 0 Å². The Kier molecular flexibility index (Phi) is 6.11. The molecule has 0 unspecified atom stereocenters. The number of aliphatic hydroxyl groups excluding tert-OH is 3. The standard InChI is InChI=1S/C30H43NO3S/c1-17(8-11-27-31-23-6-4-5-7-25(23)35-27)20-9-10-21-28-22(16-26(34)30(20,21)3)29(2)13-12-19(32)14-18(29)15-24(28)33/h4-7,17-22,24,26,28,32-34H,8-16H2,1-3H3/t17-,18+,19-,20-,21+,22+,24-,26+,28+,29+,30-/m1/s1. The number of thiazole rings is 1. The normalized spacial score (nSPS) is 46.1. The summed E-state index contributed by atoms with van der Waals surface area (Å²) in [5, 5.41) is 34.8. The van der Waals surface area contributed by atoms with Crippen LogP contribution in [0.2, 0.25) is 0 Å². The van der Waals surface area contributed by atoms with Crippen LogP contribution in [-0.4, -0.2) is 38.6 Å². The van der Waals surface area contributed by atoms with E-state index in [1.807, 2.05) is 11.3 Å². The summed E-state index contributed by atoms with van der Waals surface area (Å²) in [7, 11) is 0. The Hall–Kier alpha value is -1.01. The molecule has 0 spiro atoms. The van der Waals surface area contributed by atoms with Gasteiger partial charge in [-0.3, -0.25) is 0 Å². The maximum atomic E-state index is 11.8. The van der Waals surface area contributed by atoms with Crippen molar-refractivity contribution < 1.29 is 15.3 Å². The van der Waals surface area contributed by atoms with E-state index in [2.05, 4.69) is 45.0 Å². The summed E-state index contributed by atoms with van der Waals surface area (Å²) in [4.78, 5) is 4.86. The van der Waals surface area contributed by atoms with Crippen LogP contribution in [0.1, 0.15) is 77.1 Å². The zero-order valence-corrected chi connectivity index (χ0v) is 22.4. The van der Waals surface area contributed by atoms with Gasteiger partial charge in [0.15, 0.2) is 0 Å². The van der Waals surface area contributed by atoms with E-state index in [1.54, 1.807) is 0 Å². The van der Waals surface area contributed by atoms with E-state index >= 15 is 0 Å². The average Bonchev–Trinajstić information content (AvgIpc) is 3.41. The van der Waals surface area contributed by atoms with E-state index < -0.39 is 0 Å². The predicted molar refractivity (Wildman–Crippen MR) is 141 cm³/mol. The minimum absolute atomic E-state index is 0.119. The molecule has 1 heterocycles. The van der Waals surface area contributed by atoms with Crippen molar-refractivity contribution in [2.75, 3.05) is 0 Å². The molecular formula is C30H43NO3S. The molecule has 2 aromatic rings. The van der Waals surface area contributed by atoms with Crippen LogP contribution in [0, 0.1) is 46.3 Å². The molecule has 11 atom stereocenters. The third kappa shape index (κ3) is 3.74. The van der Waals surface area contributed by atoms with Gasteiger partial charge in [0.25, 0.3) is 0 Å². The summed E-state index contributed by atoms with van der Waals surface area (Å²) in [5.41, 5.74) is 1.13. The second-order valence-electron chi connectivity index (χ2n) is 13.1. The Labute approximate surface area is 214 Å². The Morgan fingerprint density at radius 3 is 2.63 bits per heavy atom. The van der Waals surface area contributed by atoms with Crippen molar-refractivity contribution in [1.29, 1.82) is 0 Å². The van der Waals surface area contributed by atoms with Crippen LogP contribution >= 0.6 is 11.3 Å². The first kappa shape index (κ1) is 24.3. The van der Waals surface area contributed by atoms with Crippen LogP contribution in [0.25, 0.3) is 10.2 Å². The molecule has 35 heavy (non-hydrogen) atoms. The zero-order chi connectivity index (χ0) is 24.5. The first-order valence-corrected chi connectivity index (χ1v) is 14.9. The van der Waals surface area contributed by atoms with Gasteiger partial charge in [0.2, 0.25) is 0 Å². The lowest BCUT2D eigenvalue weighted by atomic mass is 9.43.